The van der Waals surface area contributed by atoms with Gasteiger partial charge in [0, 0.05) is 48.5 Å². The summed E-state index contributed by atoms with van der Waals surface area (Å²) in [5.74, 6) is -1.66. The summed E-state index contributed by atoms with van der Waals surface area (Å²) >= 11 is 6.18. The summed E-state index contributed by atoms with van der Waals surface area (Å²) in [7, 11) is 0. The predicted octanol–water partition coefficient (Wildman–Crippen LogP) is 4.51. The van der Waals surface area contributed by atoms with Crippen LogP contribution in [0.15, 0.2) is 36.5 Å². The summed E-state index contributed by atoms with van der Waals surface area (Å²) in [5, 5.41) is 3.72. The first kappa shape index (κ1) is 23.1. The Morgan fingerprint density at radius 3 is 2.78 bits per heavy atom. The number of fused-ring (bicyclic) bond motifs is 2. The molecule has 36 heavy (non-hydrogen) atoms. The van der Waals surface area contributed by atoms with Gasteiger partial charge in [-0.25, -0.2) is 23.1 Å². The number of nitrogens with two attached hydrogens (primary N) is 1. The van der Waals surface area contributed by atoms with Gasteiger partial charge in [0.25, 0.3) is 0 Å². The highest BCUT2D eigenvalue weighted by molar-refractivity contribution is 6.30. The van der Waals surface area contributed by atoms with E-state index in [0.29, 0.717) is 42.1 Å². The van der Waals surface area contributed by atoms with Crippen LogP contribution in [0.3, 0.4) is 0 Å². The fourth-order valence-electron chi connectivity index (χ4n) is 5.14. The van der Waals surface area contributed by atoms with Gasteiger partial charge in [0.05, 0.1) is 29.5 Å². The van der Waals surface area contributed by atoms with Crippen LogP contribution in [0.25, 0.3) is 33.5 Å². The monoisotopic (exact) mass is 514 g/mol. The highest BCUT2D eigenvalue weighted by atomic mass is 35.5. The number of aromatic amines is 1. The van der Waals surface area contributed by atoms with E-state index in [4.69, 9.17) is 22.1 Å². The number of hydrogen-bond acceptors (Lipinski definition) is 6. The topological polar surface area (TPSA) is 92.1 Å². The second-order valence-electron chi connectivity index (χ2n) is 9.01. The standard InChI is InChI=1S/C25H22ClF3N6O/c26-13-5-12(6-14(27)7-13)16-10-32-24(30)21(25-33-19-9-15(28)8-17(29)22(19)34-25)23(16)35-3-1-18-20(11-35)36-4-2-31-18/h5-10,18,20,31H,1-4,11H2,(H2,30,32)(H,33,34)/t18-,20-/m0/s1. The number of nitrogen functional groups attached to an aromatic ring is 1. The van der Waals surface area contributed by atoms with Crippen molar-refractivity contribution in [2.45, 2.75) is 18.6 Å². The quantitative estimate of drug-likeness (QED) is 0.372. The number of nitrogens with one attached hydrogen (secondary N) is 2. The average molecular weight is 515 g/mol. The predicted molar refractivity (Wildman–Crippen MR) is 132 cm³/mol. The molecule has 186 valence electrons. The first-order valence-corrected chi connectivity index (χ1v) is 11.9. The van der Waals surface area contributed by atoms with E-state index in [1.165, 1.54) is 18.2 Å². The fraction of sp³-hybridized carbons (Fsp3) is 0.280. The molecular weight excluding hydrogens is 493 g/mol. The maximum absolute atomic E-state index is 14.5. The van der Waals surface area contributed by atoms with Gasteiger partial charge in [-0.3, -0.25) is 0 Å². The summed E-state index contributed by atoms with van der Waals surface area (Å²) < 4.78 is 48.8. The lowest BCUT2D eigenvalue weighted by Crippen LogP contribution is -2.58. The van der Waals surface area contributed by atoms with Gasteiger partial charge in [-0.1, -0.05) is 11.6 Å². The van der Waals surface area contributed by atoms with Crippen LogP contribution in [0.4, 0.5) is 24.7 Å². The highest BCUT2D eigenvalue weighted by Crippen LogP contribution is 2.43. The number of imidazole rings is 1. The number of anilines is 2. The zero-order valence-corrected chi connectivity index (χ0v) is 19.7. The van der Waals surface area contributed by atoms with Gasteiger partial charge in [-0.2, -0.15) is 0 Å². The molecule has 2 aliphatic heterocycles. The van der Waals surface area contributed by atoms with Crippen LogP contribution < -0.4 is 16.0 Å². The van der Waals surface area contributed by atoms with Gasteiger partial charge >= 0.3 is 0 Å². The largest absolute Gasteiger partial charge is 0.383 e. The first-order valence-electron chi connectivity index (χ1n) is 11.6. The smallest absolute Gasteiger partial charge is 0.153 e. The van der Waals surface area contributed by atoms with Crippen LogP contribution in [0, 0.1) is 17.5 Å². The van der Waals surface area contributed by atoms with Crippen molar-refractivity contribution in [3.05, 3.63) is 59.0 Å². The molecule has 0 saturated carbocycles. The molecule has 2 fully saturated rings. The fourth-order valence-corrected chi connectivity index (χ4v) is 5.36. The molecule has 0 radical (unpaired) electrons. The molecule has 4 N–H and O–H groups in total. The molecule has 0 spiro atoms. The van der Waals surface area contributed by atoms with Crippen LogP contribution in [-0.4, -0.2) is 53.3 Å². The van der Waals surface area contributed by atoms with Crippen molar-refractivity contribution in [3.63, 3.8) is 0 Å². The molecule has 2 aromatic carbocycles. The molecule has 2 aromatic heterocycles. The minimum atomic E-state index is -0.795. The number of ether oxygens (including phenoxy) is 1. The van der Waals surface area contributed by atoms with Gasteiger partial charge in [-0.05, 0) is 36.2 Å². The Balaban J connectivity index is 1.57. The molecule has 2 atom stereocenters. The molecule has 2 saturated heterocycles. The van der Waals surface area contributed by atoms with E-state index in [-0.39, 0.29) is 39.8 Å². The van der Waals surface area contributed by atoms with E-state index in [1.807, 2.05) is 0 Å². The zero-order chi connectivity index (χ0) is 25.0. The molecule has 0 unspecified atom stereocenters. The number of pyridine rings is 1. The Bertz CT molecular complexity index is 1460. The molecule has 4 heterocycles. The van der Waals surface area contributed by atoms with Crippen molar-refractivity contribution in [2.75, 3.05) is 36.9 Å². The van der Waals surface area contributed by atoms with E-state index < -0.39 is 17.5 Å². The number of hydrogen-bond donors (Lipinski definition) is 3. The van der Waals surface area contributed by atoms with Crippen molar-refractivity contribution in [2.24, 2.45) is 0 Å². The molecule has 6 rings (SSSR count). The summed E-state index contributed by atoms with van der Waals surface area (Å²) in [6, 6.07) is 6.39. The first-order chi connectivity index (χ1) is 17.4. The lowest BCUT2D eigenvalue weighted by Gasteiger charge is -2.43. The molecule has 7 nitrogen and oxygen atoms in total. The third kappa shape index (κ3) is 4.04. The van der Waals surface area contributed by atoms with Crippen molar-refractivity contribution >= 4 is 34.1 Å². The van der Waals surface area contributed by atoms with Gasteiger partial charge < -0.3 is 25.7 Å². The molecule has 0 bridgehead atoms. The molecule has 2 aliphatic rings. The molecular formula is C25H22ClF3N6O. The van der Waals surface area contributed by atoms with Crippen LogP contribution in [0.1, 0.15) is 6.42 Å². The third-order valence-corrected chi connectivity index (χ3v) is 6.93. The Morgan fingerprint density at radius 2 is 1.94 bits per heavy atom. The van der Waals surface area contributed by atoms with Crippen molar-refractivity contribution < 1.29 is 17.9 Å². The number of aromatic nitrogens is 3. The Morgan fingerprint density at radius 1 is 1.11 bits per heavy atom. The SMILES string of the molecule is Nc1ncc(-c2cc(F)cc(Cl)c2)c(N2CC[C@@H]3NCCO[C@H]3C2)c1-c1nc2c(F)cc(F)cc2[nH]1. The summed E-state index contributed by atoms with van der Waals surface area (Å²) in [6.45, 7) is 2.57. The molecule has 0 amide bonds. The maximum Gasteiger partial charge on any atom is 0.153 e. The van der Waals surface area contributed by atoms with Crippen LogP contribution in [-0.2, 0) is 4.74 Å². The van der Waals surface area contributed by atoms with Crippen molar-refractivity contribution in [3.8, 4) is 22.5 Å². The minimum Gasteiger partial charge on any atom is -0.383 e. The number of benzene rings is 2. The van der Waals surface area contributed by atoms with E-state index >= 15 is 0 Å². The zero-order valence-electron chi connectivity index (χ0n) is 19.0. The number of rotatable bonds is 3. The number of nitrogens with zero attached hydrogens (tertiary/aromatic N) is 3. The number of H-pyrrole nitrogens is 1. The second kappa shape index (κ2) is 8.95. The van der Waals surface area contributed by atoms with Gasteiger partial charge in [0.1, 0.15) is 28.8 Å². The number of piperidine rings is 1. The highest BCUT2D eigenvalue weighted by Gasteiger charge is 2.35. The van der Waals surface area contributed by atoms with Gasteiger partial charge in [0.2, 0.25) is 0 Å². The van der Waals surface area contributed by atoms with Gasteiger partial charge in [0.15, 0.2) is 5.82 Å². The van der Waals surface area contributed by atoms with Crippen molar-refractivity contribution in [1.82, 2.24) is 20.3 Å². The second-order valence-corrected chi connectivity index (χ2v) is 9.45. The number of halogens is 4. The molecule has 0 aliphatic carbocycles. The van der Waals surface area contributed by atoms with E-state index in [9.17, 15) is 13.2 Å². The summed E-state index contributed by atoms with van der Waals surface area (Å²) in [6.07, 6.45) is 2.30. The van der Waals surface area contributed by atoms with Crippen LogP contribution >= 0.6 is 11.6 Å². The number of morpholine rings is 1. The lowest BCUT2D eigenvalue weighted by atomic mass is 9.95. The summed E-state index contributed by atoms with van der Waals surface area (Å²) in [4.78, 5) is 13.8. The Hall–Kier alpha value is -3.34. The molecule has 11 heteroatoms. The van der Waals surface area contributed by atoms with E-state index in [2.05, 4.69) is 25.2 Å². The Kier molecular flexibility index (Phi) is 5.74. The Labute approximate surface area is 209 Å². The minimum absolute atomic E-state index is 0.0190. The van der Waals surface area contributed by atoms with E-state index in [1.54, 1.807) is 12.3 Å². The van der Waals surface area contributed by atoms with Crippen molar-refractivity contribution in [1.29, 1.82) is 0 Å². The normalized spacial score (nSPS) is 20.1. The van der Waals surface area contributed by atoms with Gasteiger partial charge in [-0.15, -0.1) is 0 Å². The third-order valence-electron chi connectivity index (χ3n) is 6.71. The van der Waals surface area contributed by atoms with Crippen LogP contribution in [0.2, 0.25) is 5.02 Å². The lowest BCUT2D eigenvalue weighted by molar-refractivity contribution is -0.00899. The maximum atomic E-state index is 14.5. The summed E-state index contributed by atoms with van der Waals surface area (Å²) in [5.41, 5.74) is 8.67. The van der Waals surface area contributed by atoms with E-state index in [0.717, 1.165) is 19.0 Å². The van der Waals surface area contributed by atoms with Crippen LogP contribution in [0.5, 0.6) is 0 Å². The molecule has 4 aromatic rings. The average Bonchev–Trinajstić information content (AvgIpc) is 3.27.